The van der Waals surface area contributed by atoms with Crippen molar-refractivity contribution in [2.24, 2.45) is 5.84 Å². The van der Waals surface area contributed by atoms with Gasteiger partial charge in [-0.25, -0.2) is 15.7 Å². The second-order valence-corrected chi connectivity index (χ2v) is 4.73. The monoisotopic (exact) mass is 273 g/mol. The summed E-state index contributed by atoms with van der Waals surface area (Å²) in [7, 11) is 0. The first-order chi connectivity index (χ1) is 8.26. The molecule has 8 nitrogen and oxygen atoms in total. The zero-order valence-corrected chi connectivity index (χ0v) is 10.6. The largest absolute Gasteiger partial charge is 0.343 e. The summed E-state index contributed by atoms with van der Waals surface area (Å²) in [6, 6.07) is 0. The molecule has 17 heavy (non-hydrogen) atoms. The Labute approximate surface area is 105 Å². The van der Waals surface area contributed by atoms with Gasteiger partial charge in [0.25, 0.3) is 0 Å². The molecule has 92 valence electrons. The number of hydrazine groups is 1. The highest BCUT2D eigenvalue weighted by molar-refractivity contribution is 7.98. The van der Waals surface area contributed by atoms with E-state index in [1.165, 1.54) is 23.3 Å². The molecule has 0 saturated carbocycles. The molecule has 0 spiro atoms. The molecule has 0 fully saturated rings. The van der Waals surface area contributed by atoms with Crippen LogP contribution in [0, 0.1) is 0 Å². The molecule has 0 unspecified atom stereocenters. The van der Waals surface area contributed by atoms with Crippen molar-refractivity contribution in [3.8, 4) is 0 Å². The van der Waals surface area contributed by atoms with E-state index in [9.17, 15) is 4.79 Å². The lowest BCUT2D eigenvalue weighted by atomic mass is 10.5. The minimum Gasteiger partial charge on any atom is -0.313 e. The minimum atomic E-state index is -0.205. The van der Waals surface area contributed by atoms with Crippen LogP contribution in [0.3, 0.4) is 0 Å². The van der Waals surface area contributed by atoms with Crippen molar-refractivity contribution in [3.63, 3.8) is 0 Å². The fourth-order valence-corrected chi connectivity index (χ4v) is 2.77. The summed E-state index contributed by atoms with van der Waals surface area (Å²) in [6.07, 6.45) is 0. The summed E-state index contributed by atoms with van der Waals surface area (Å²) in [5.41, 5.74) is 3.07. The zero-order valence-electron chi connectivity index (χ0n) is 9.01. The highest BCUT2D eigenvalue weighted by Crippen LogP contribution is 2.24. The zero-order chi connectivity index (χ0) is 12.3. The third-order valence-corrected chi connectivity index (χ3v) is 3.75. The van der Waals surface area contributed by atoms with Gasteiger partial charge < -0.3 is 5.43 Å². The smallest absolute Gasteiger partial charge is 0.313 e. The van der Waals surface area contributed by atoms with Crippen LogP contribution in [-0.2, 0) is 12.3 Å². The molecule has 0 aliphatic rings. The normalized spacial score (nSPS) is 10.7. The minimum absolute atomic E-state index is 0.205. The molecule has 10 heteroatoms. The Hall–Kier alpha value is -1.39. The number of anilines is 1. The lowest BCUT2D eigenvalue weighted by Gasteiger charge is -2.01. The molecule has 0 amide bonds. The second-order valence-electron chi connectivity index (χ2n) is 3.04. The van der Waals surface area contributed by atoms with Gasteiger partial charge in [0, 0.05) is 23.8 Å². The summed E-state index contributed by atoms with van der Waals surface area (Å²) >= 11 is 2.60. The van der Waals surface area contributed by atoms with Gasteiger partial charge in [0.05, 0.1) is 0 Å². The Morgan fingerprint density at radius 2 is 2.47 bits per heavy atom. The summed E-state index contributed by atoms with van der Waals surface area (Å²) < 4.78 is 5.35. The molecule has 0 bridgehead atoms. The third-order valence-electron chi connectivity index (χ3n) is 2.06. The fourth-order valence-electron chi connectivity index (χ4n) is 1.24. The molecule has 2 aromatic heterocycles. The summed E-state index contributed by atoms with van der Waals surface area (Å²) in [6.45, 7) is 2.47. The van der Waals surface area contributed by atoms with E-state index in [2.05, 4.69) is 25.2 Å². The van der Waals surface area contributed by atoms with Gasteiger partial charge in [-0.1, -0.05) is 16.3 Å². The molecule has 0 aromatic carbocycles. The number of nitrogens with two attached hydrogens (primary N) is 1. The average molecular weight is 273 g/mol. The molecule has 0 aliphatic heterocycles. The number of hydrogen-bond acceptors (Lipinski definition) is 8. The quantitative estimate of drug-likeness (QED) is 0.399. The van der Waals surface area contributed by atoms with Crippen LogP contribution < -0.4 is 17.0 Å². The van der Waals surface area contributed by atoms with Gasteiger partial charge in [0.1, 0.15) is 10.7 Å². The number of nitrogen functional groups attached to an aromatic ring is 1. The molecular formula is C7H11N7OS2. The van der Waals surface area contributed by atoms with E-state index in [0.29, 0.717) is 17.5 Å². The van der Waals surface area contributed by atoms with Crippen molar-refractivity contribution in [2.75, 3.05) is 5.43 Å². The van der Waals surface area contributed by atoms with E-state index in [0.717, 1.165) is 10.7 Å². The molecular weight excluding hydrogens is 262 g/mol. The van der Waals surface area contributed by atoms with Crippen LogP contribution in [0.1, 0.15) is 12.6 Å². The van der Waals surface area contributed by atoms with Crippen LogP contribution in [0.5, 0.6) is 0 Å². The maximum Gasteiger partial charge on any atom is 0.343 e. The lowest BCUT2D eigenvalue weighted by Crippen LogP contribution is -2.16. The van der Waals surface area contributed by atoms with Crippen LogP contribution in [0.15, 0.2) is 9.95 Å². The highest BCUT2D eigenvalue weighted by Gasteiger charge is 2.11. The van der Waals surface area contributed by atoms with E-state index in [1.807, 2.05) is 6.92 Å². The number of nitrogens with zero attached hydrogens (tertiary/aromatic N) is 4. The molecule has 0 aliphatic carbocycles. The predicted octanol–water partition coefficient (Wildman–Crippen LogP) is 0.0207. The Balaban J connectivity index is 2.10. The number of aromatic nitrogens is 5. The number of H-pyrrole nitrogens is 1. The van der Waals surface area contributed by atoms with Gasteiger partial charge in [0.2, 0.25) is 0 Å². The van der Waals surface area contributed by atoms with Crippen molar-refractivity contribution in [2.45, 2.75) is 24.4 Å². The Morgan fingerprint density at radius 1 is 1.65 bits per heavy atom. The van der Waals surface area contributed by atoms with E-state index in [4.69, 9.17) is 5.84 Å². The van der Waals surface area contributed by atoms with Gasteiger partial charge in [-0.05, 0) is 6.92 Å². The highest BCUT2D eigenvalue weighted by atomic mass is 32.2. The fraction of sp³-hybridized carbons (Fsp3) is 0.429. The number of rotatable bonds is 5. The van der Waals surface area contributed by atoms with Crippen molar-refractivity contribution >= 4 is 28.3 Å². The van der Waals surface area contributed by atoms with E-state index in [1.54, 1.807) is 4.57 Å². The van der Waals surface area contributed by atoms with Gasteiger partial charge >= 0.3 is 5.69 Å². The standard InChI is InChI=1S/C7H11N7OS2/c1-2-14-6(15)11-12-7(14)16-3-4-5(9-8)17-13-10-4/h9H,2-3,8H2,1H3,(H,11,15). The molecule has 0 radical (unpaired) electrons. The molecule has 2 rings (SSSR count). The SMILES string of the molecule is CCn1c(SCc2nnsc2NN)n[nH]c1=O. The first kappa shape index (κ1) is 12.1. The first-order valence-corrected chi connectivity index (χ1v) is 6.58. The van der Waals surface area contributed by atoms with Crippen LogP contribution in [0.4, 0.5) is 5.00 Å². The van der Waals surface area contributed by atoms with Crippen LogP contribution in [0.2, 0.25) is 0 Å². The van der Waals surface area contributed by atoms with Crippen LogP contribution >= 0.6 is 23.3 Å². The van der Waals surface area contributed by atoms with Crippen molar-refractivity contribution in [1.82, 2.24) is 24.4 Å². The number of nitrogens with one attached hydrogen (secondary N) is 2. The Morgan fingerprint density at radius 3 is 3.18 bits per heavy atom. The second kappa shape index (κ2) is 5.29. The van der Waals surface area contributed by atoms with Gasteiger partial charge in [-0.2, -0.15) is 0 Å². The van der Waals surface area contributed by atoms with E-state index >= 15 is 0 Å². The molecule has 0 saturated heterocycles. The topological polar surface area (TPSA) is 115 Å². The first-order valence-electron chi connectivity index (χ1n) is 4.82. The third kappa shape index (κ3) is 2.48. The van der Waals surface area contributed by atoms with Gasteiger partial charge in [-0.3, -0.25) is 4.57 Å². The van der Waals surface area contributed by atoms with E-state index < -0.39 is 0 Å². The number of aromatic amines is 1. The summed E-state index contributed by atoms with van der Waals surface area (Å²) in [5.74, 6) is 5.87. The summed E-state index contributed by atoms with van der Waals surface area (Å²) in [4.78, 5) is 11.3. The summed E-state index contributed by atoms with van der Waals surface area (Å²) in [5, 5.41) is 11.6. The predicted molar refractivity (Wildman–Crippen MR) is 65.8 cm³/mol. The maximum atomic E-state index is 11.3. The van der Waals surface area contributed by atoms with Crippen molar-refractivity contribution in [3.05, 3.63) is 16.2 Å². The van der Waals surface area contributed by atoms with Crippen LogP contribution in [-0.4, -0.2) is 24.4 Å². The molecule has 2 heterocycles. The average Bonchev–Trinajstić information content (AvgIpc) is 2.92. The Bertz CT molecular complexity index is 544. The van der Waals surface area contributed by atoms with E-state index in [-0.39, 0.29) is 5.69 Å². The molecule has 4 N–H and O–H groups in total. The maximum absolute atomic E-state index is 11.3. The molecule has 0 atom stereocenters. The van der Waals surface area contributed by atoms with Crippen molar-refractivity contribution < 1.29 is 0 Å². The van der Waals surface area contributed by atoms with Crippen LogP contribution in [0.25, 0.3) is 0 Å². The lowest BCUT2D eigenvalue weighted by molar-refractivity contribution is 0.660. The Kier molecular flexibility index (Phi) is 3.76. The van der Waals surface area contributed by atoms with Gasteiger partial charge in [0.15, 0.2) is 5.16 Å². The number of hydrogen-bond donors (Lipinski definition) is 3. The number of thioether (sulfide) groups is 1. The van der Waals surface area contributed by atoms with Gasteiger partial charge in [-0.15, -0.1) is 10.2 Å². The molecule has 2 aromatic rings. The van der Waals surface area contributed by atoms with Crippen molar-refractivity contribution in [1.29, 1.82) is 0 Å².